The molecule has 0 aliphatic carbocycles. The lowest BCUT2D eigenvalue weighted by molar-refractivity contribution is -0.142. The van der Waals surface area contributed by atoms with Gasteiger partial charge in [0.05, 0.1) is 27.1 Å². The maximum absolute atomic E-state index is 12.9. The Bertz CT molecular complexity index is 1000. The van der Waals surface area contributed by atoms with Gasteiger partial charge in [-0.2, -0.15) is 0 Å². The smallest absolute Gasteiger partial charge is 0.316 e. The maximum Gasteiger partial charge on any atom is 0.316 e. The molecule has 1 aromatic heterocycles. The first-order chi connectivity index (χ1) is 15.0. The van der Waals surface area contributed by atoms with Crippen LogP contribution in [0.2, 0.25) is 0 Å². The van der Waals surface area contributed by atoms with Gasteiger partial charge in [-0.25, -0.2) is 4.39 Å². The molecule has 3 aromatic rings. The van der Waals surface area contributed by atoms with Gasteiger partial charge in [0, 0.05) is 11.3 Å². The molecule has 0 saturated heterocycles. The van der Waals surface area contributed by atoms with Gasteiger partial charge in [0.2, 0.25) is 11.6 Å². The van der Waals surface area contributed by atoms with Gasteiger partial charge in [0.15, 0.2) is 18.1 Å². The van der Waals surface area contributed by atoms with Gasteiger partial charge >= 0.3 is 5.97 Å². The number of benzene rings is 2. The molecule has 3 rings (SSSR count). The molecule has 164 valence electrons. The van der Waals surface area contributed by atoms with E-state index in [1.165, 1.54) is 45.2 Å². The minimum atomic E-state index is -0.417. The molecule has 0 bridgehead atoms. The molecule has 0 fully saturated rings. The molecule has 1 heterocycles. The summed E-state index contributed by atoms with van der Waals surface area (Å²) in [7, 11) is 4.53. The second-order valence-electron chi connectivity index (χ2n) is 6.19. The first-order valence-corrected chi connectivity index (χ1v) is 10.3. The van der Waals surface area contributed by atoms with Crippen LogP contribution in [0.4, 0.5) is 4.39 Å². The number of rotatable bonds is 10. The number of methoxy groups -OCH3 is 3. The molecule has 0 spiro atoms. The van der Waals surface area contributed by atoms with Gasteiger partial charge in [0.25, 0.3) is 5.89 Å². The third kappa shape index (κ3) is 5.88. The lowest BCUT2D eigenvalue weighted by Crippen LogP contribution is -2.07. The Morgan fingerprint density at radius 3 is 2.32 bits per heavy atom. The highest BCUT2D eigenvalue weighted by molar-refractivity contribution is 7.99. The van der Waals surface area contributed by atoms with Gasteiger partial charge in [-0.05, 0) is 29.8 Å². The number of hydrogen-bond acceptors (Lipinski definition) is 9. The van der Waals surface area contributed by atoms with Gasteiger partial charge in [-0.15, -0.1) is 22.0 Å². The molecule has 31 heavy (non-hydrogen) atoms. The van der Waals surface area contributed by atoms with Crippen LogP contribution in [-0.4, -0.2) is 43.2 Å². The highest BCUT2D eigenvalue weighted by Gasteiger charge is 2.18. The number of carbonyl (C=O) groups excluding carboxylic acids is 1. The van der Waals surface area contributed by atoms with Crippen LogP contribution in [0, 0.1) is 5.82 Å². The Balaban J connectivity index is 1.55. The highest BCUT2D eigenvalue weighted by atomic mass is 32.2. The van der Waals surface area contributed by atoms with Crippen molar-refractivity contribution in [3.05, 3.63) is 53.7 Å². The van der Waals surface area contributed by atoms with E-state index in [1.807, 2.05) is 0 Å². The van der Waals surface area contributed by atoms with E-state index in [0.717, 1.165) is 5.56 Å². The third-order valence-corrected chi connectivity index (χ3v) is 5.11. The van der Waals surface area contributed by atoms with Crippen molar-refractivity contribution in [2.75, 3.05) is 27.1 Å². The summed E-state index contributed by atoms with van der Waals surface area (Å²) in [6.07, 6.45) is 0. The van der Waals surface area contributed by atoms with Crippen LogP contribution in [-0.2, 0) is 21.9 Å². The second kappa shape index (κ2) is 10.7. The van der Waals surface area contributed by atoms with E-state index in [2.05, 4.69) is 10.2 Å². The summed E-state index contributed by atoms with van der Waals surface area (Å²) >= 11 is 1.37. The fourth-order valence-electron chi connectivity index (χ4n) is 2.65. The SMILES string of the molecule is COc1cc(-c2nnc(COC(=O)CSCc3ccc(F)cc3)o2)cc(OC)c1OC. The number of hydrogen-bond donors (Lipinski definition) is 0. The summed E-state index contributed by atoms with van der Waals surface area (Å²) in [5.74, 6) is 1.71. The predicted molar refractivity (Wildman–Crippen MR) is 112 cm³/mol. The summed E-state index contributed by atoms with van der Waals surface area (Å²) in [6, 6.07) is 9.48. The van der Waals surface area contributed by atoms with E-state index in [0.29, 0.717) is 28.6 Å². The Morgan fingerprint density at radius 1 is 1.03 bits per heavy atom. The van der Waals surface area contributed by atoms with Gasteiger partial charge in [-0.1, -0.05) is 12.1 Å². The predicted octanol–water partition coefficient (Wildman–Crippen LogP) is 3.88. The molecule has 10 heteroatoms. The molecule has 0 radical (unpaired) electrons. The van der Waals surface area contributed by atoms with E-state index in [4.69, 9.17) is 23.4 Å². The van der Waals surface area contributed by atoms with Crippen LogP contribution in [0.1, 0.15) is 11.5 Å². The number of esters is 1. The first-order valence-electron chi connectivity index (χ1n) is 9.14. The van der Waals surface area contributed by atoms with Crippen LogP contribution < -0.4 is 14.2 Å². The quantitative estimate of drug-likeness (QED) is 0.428. The van der Waals surface area contributed by atoms with Crippen LogP contribution in [0.5, 0.6) is 17.2 Å². The standard InChI is InChI=1S/C21H21FN2O6S/c1-26-16-8-14(9-17(27-2)20(16)28-3)21-24-23-18(30-21)10-29-19(25)12-31-11-13-4-6-15(22)7-5-13/h4-9H,10-12H2,1-3H3. The highest BCUT2D eigenvalue weighted by Crippen LogP contribution is 2.40. The number of thioether (sulfide) groups is 1. The number of nitrogens with zero attached hydrogens (tertiary/aromatic N) is 2. The zero-order valence-corrected chi connectivity index (χ0v) is 18.0. The van der Waals surface area contributed by atoms with Gasteiger partial charge in [0.1, 0.15) is 5.82 Å². The largest absolute Gasteiger partial charge is 0.493 e. The minimum Gasteiger partial charge on any atom is -0.493 e. The molecule has 0 atom stereocenters. The van der Waals surface area contributed by atoms with Gasteiger partial charge in [-0.3, -0.25) is 4.79 Å². The Hall–Kier alpha value is -3.27. The van der Waals surface area contributed by atoms with E-state index < -0.39 is 5.97 Å². The Morgan fingerprint density at radius 2 is 1.71 bits per heavy atom. The number of halogens is 1. The minimum absolute atomic E-state index is 0.144. The van der Waals surface area contributed by atoms with E-state index in [-0.39, 0.29) is 30.0 Å². The molecule has 0 unspecified atom stereocenters. The van der Waals surface area contributed by atoms with Crippen LogP contribution in [0.3, 0.4) is 0 Å². The van der Waals surface area contributed by atoms with Crippen LogP contribution in [0.15, 0.2) is 40.8 Å². The fraction of sp³-hybridized carbons (Fsp3) is 0.286. The van der Waals surface area contributed by atoms with Gasteiger partial charge < -0.3 is 23.4 Å². The molecular weight excluding hydrogens is 427 g/mol. The third-order valence-electron chi connectivity index (χ3n) is 4.14. The van der Waals surface area contributed by atoms with Crippen molar-refractivity contribution in [2.24, 2.45) is 0 Å². The lowest BCUT2D eigenvalue weighted by Gasteiger charge is -2.12. The van der Waals surface area contributed by atoms with Crippen molar-refractivity contribution in [2.45, 2.75) is 12.4 Å². The zero-order valence-electron chi connectivity index (χ0n) is 17.2. The first kappa shape index (κ1) is 22.4. The summed E-state index contributed by atoms with van der Waals surface area (Å²) in [4.78, 5) is 11.9. The normalized spacial score (nSPS) is 10.6. The number of carbonyl (C=O) groups is 1. The molecule has 2 aromatic carbocycles. The summed E-state index contributed by atoms with van der Waals surface area (Å²) < 4.78 is 39.6. The fourth-order valence-corrected chi connectivity index (χ4v) is 3.43. The summed E-state index contributed by atoms with van der Waals surface area (Å²) in [5.41, 5.74) is 1.49. The lowest BCUT2D eigenvalue weighted by atomic mass is 10.2. The molecule has 0 amide bonds. The van der Waals surface area contributed by atoms with E-state index in [9.17, 15) is 9.18 Å². The Labute approximate surface area is 182 Å². The molecule has 8 nitrogen and oxygen atoms in total. The van der Waals surface area contributed by atoms with Crippen LogP contribution in [0.25, 0.3) is 11.5 Å². The number of aromatic nitrogens is 2. The maximum atomic E-state index is 12.9. The molecule has 0 saturated carbocycles. The molecular formula is C21H21FN2O6S. The monoisotopic (exact) mass is 448 g/mol. The number of ether oxygens (including phenoxy) is 4. The van der Waals surface area contributed by atoms with Crippen molar-refractivity contribution in [1.29, 1.82) is 0 Å². The van der Waals surface area contributed by atoms with Crippen molar-refractivity contribution < 1.29 is 32.5 Å². The second-order valence-corrected chi connectivity index (χ2v) is 7.18. The van der Waals surface area contributed by atoms with E-state index >= 15 is 0 Å². The van der Waals surface area contributed by atoms with E-state index in [1.54, 1.807) is 24.3 Å². The van der Waals surface area contributed by atoms with Crippen molar-refractivity contribution in [3.63, 3.8) is 0 Å². The molecule has 0 N–H and O–H groups in total. The Kier molecular flexibility index (Phi) is 7.71. The average molecular weight is 448 g/mol. The van der Waals surface area contributed by atoms with Crippen molar-refractivity contribution in [3.8, 4) is 28.7 Å². The molecule has 0 aliphatic heterocycles. The molecule has 0 aliphatic rings. The zero-order chi connectivity index (χ0) is 22.2. The van der Waals surface area contributed by atoms with Crippen molar-refractivity contribution >= 4 is 17.7 Å². The topological polar surface area (TPSA) is 92.9 Å². The summed E-state index contributed by atoms with van der Waals surface area (Å²) in [6.45, 7) is -0.145. The summed E-state index contributed by atoms with van der Waals surface area (Å²) in [5, 5.41) is 7.89. The van der Waals surface area contributed by atoms with Crippen molar-refractivity contribution in [1.82, 2.24) is 10.2 Å². The average Bonchev–Trinajstić information content (AvgIpc) is 3.27. The van der Waals surface area contributed by atoms with Crippen LogP contribution >= 0.6 is 11.8 Å².